The van der Waals surface area contributed by atoms with Crippen LogP contribution in [0.2, 0.25) is 0 Å². The first-order valence-corrected chi connectivity index (χ1v) is 3.54. The average molecular weight is 269 g/mol. The van der Waals surface area contributed by atoms with E-state index < -0.39 is 30.6 Å². The second kappa shape index (κ2) is 1.10. The van der Waals surface area contributed by atoms with Gasteiger partial charge < -0.3 is 0 Å². The Morgan fingerprint density at radius 2 is 2.00 bits per heavy atom. The zero-order chi connectivity index (χ0) is 3.70. The van der Waals surface area contributed by atoms with Crippen molar-refractivity contribution in [2.45, 2.75) is 0 Å². The third kappa shape index (κ3) is 0.514. The monoisotopic (exact) mass is 269 g/mol. The van der Waals surface area contributed by atoms with Crippen molar-refractivity contribution < 1.29 is 10.3 Å². The number of carbonyl (C=O) groups is 1. The van der Waals surface area contributed by atoms with Crippen molar-refractivity contribution in [3.8, 4) is 0 Å². The molecule has 4 heteroatoms. The summed E-state index contributed by atoms with van der Waals surface area (Å²) in [6.45, 7) is 0. The molecule has 0 aliphatic carbocycles. The Hall–Kier alpha value is 0.166. The van der Waals surface area contributed by atoms with Crippen molar-refractivity contribution >= 4 is 30.6 Å². The van der Waals surface area contributed by atoms with Crippen LogP contribution in [0.15, 0.2) is 0 Å². The van der Waals surface area contributed by atoms with Crippen molar-refractivity contribution in [3.63, 3.8) is 0 Å². The van der Waals surface area contributed by atoms with Crippen LogP contribution in [0.3, 0.4) is 0 Å². The molecule has 0 unspecified atom stereocenters. The summed E-state index contributed by atoms with van der Waals surface area (Å²) in [5.41, 5.74) is 0. The van der Waals surface area contributed by atoms with E-state index in [0.717, 1.165) is 0 Å². The van der Waals surface area contributed by atoms with Crippen LogP contribution in [0, 0.1) is 0 Å². The molecule has 0 saturated carbocycles. The van der Waals surface area contributed by atoms with E-state index in [2.05, 4.69) is 5.54 Å². The molecule has 0 aromatic heterocycles. The summed E-state index contributed by atoms with van der Waals surface area (Å²) >= 11 is -0.978. The molecule has 0 aromatic rings. The predicted octanol–water partition coefficient (Wildman–Crippen LogP) is -0.313. The van der Waals surface area contributed by atoms with Crippen LogP contribution < -0.4 is 0 Å². The second-order valence-electron chi connectivity index (χ2n) is 0.485. The van der Waals surface area contributed by atoms with Crippen molar-refractivity contribution in [3.05, 3.63) is 0 Å². The van der Waals surface area contributed by atoms with Gasteiger partial charge in [0.2, 0.25) is 0 Å². The third-order valence-electron chi connectivity index (χ3n) is 0.204. The fraction of sp³-hybridized carbons (Fsp3) is 0. The van der Waals surface area contributed by atoms with E-state index in [-0.39, 0.29) is 0 Å². The van der Waals surface area contributed by atoms with Crippen molar-refractivity contribution in [2.75, 3.05) is 0 Å². The molecule has 1 rings (SSSR count). The summed E-state index contributed by atoms with van der Waals surface area (Å²) in [7, 11) is 0. The van der Waals surface area contributed by atoms with Crippen LogP contribution >= 0.6 is 0 Å². The Morgan fingerprint density at radius 1 is 1.60 bits per heavy atom. The van der Waals surface area contributed by atoms with Crippen molar-refractivity contribution in [1.82, 2.24) is 0 Å². The molecule has 0 N–H and O–H groups in total. The van der Waals surface area contributed by atoms with E-state index in [4.69, 9.17) is 0 Å². The summed E-state index contributed by atoms with van der Waals surface area (Å²) in [6.07, 6.45) is -0.491. The van der Waals surface area contributed by atoms with E-state index in [0.29, 0.717) is 0 Å². The molecule has 5 heavy (non-hydrogen) atoms. The Balaban J connectivity index is 2.32. The van der Waals surface area contributed by atoms with E-state index in [1.54, 1.807) is 0 Å². The van der Waals surface area contributed by atoms with Gasteiger partial charge >= 0.3 is 40.9 Å². The standard InChI is InChI=1S/CH2O3.Po/c2-1(3)4;/h(H2,2,3,4);/q;+2/p-2. The molecule has 0 aromatic carbocycles. The van der Waals surface area contributed by atoms with Gasteiger partial charge in [-0.25, -0.2) is 0 Å². The molecule has 0 bridgehead atoms. The SMILES string of the molecule is O=C1[O][Po][O]1. The van der Waals surface area contributed by atoms with E-state index in [9.17, 15) is 4.79 Å². The molecule has 1 fully saturated rings. The fourth-order valence-electron chi connectivity index (χ4n) is 0.0618. The van der Waals surface area contributed by atoms with Crippen LogP contribution in [-0.2, 0) is 5.54 Å². The molecule has 1 saturated heterocycles. The van der Waals surface area contributed by atoms with Crippen LogP contribution in [0.1, 0.15) is 0 Å². The molecule has 28 valence electrons. The number of rotatable bonds is 0. The molecule has 0 amide bonds. The van der Waals surface area contributed by atoms with Gasteiger partial charge in [0.1, 0.15) is 0 Å². The van der Waals surface area contributed by atoms with Gasteiger partial charge in [-0.05, 0) is 0 Å². The summed E-state index contributed by atoms with van der Waals surface area (Å²) in [5, 5.41) is 0. The first-order chi connectivity index (χ1) is 2.39. The first-order valence-electron chi connectivity index (χ1n) is 0.946. The summed E-state index contributed by atoms with van der Waals surface area (Å²) in [6, 6.07) is 0. The summed E-state index contributed by atoms with van der Waals surface area (Å²) in [5.74, 6) is 0. The van der Waals surface area contributed by atoms with Crippen LogP contribution in [0.4, 0.5) is 4.79 Å². The zero-order valence-corrected chi connectivity index (χ0v) is 5.31. The van der Waals surface area contributed by atoms with Gasteiger partial charge in [0.15, 0.2) is 0 Å². The van der Waals surface area contributed by atoms with Crippen molar-refractivity contribution in [2.24, 2.45) is 0 Å². The minimum absolute atomic E-state index is 0.491. The minimum atomic E-state index is -0.978. The quantitative estimate of drug-likeness (QED) is 0.605. The van der Waals surface area contributed by atoms with Gasteiger partial charge in [-0.3, -0.25) is 0 Å². The Labute approximate surface area is 41.3 Å². The maximum absolute atomic E-state index is 9.50. The summed E-state index contributed by atoms with van der Waals surface area (Å²) < 4.78 is 8.47. The van der Waals surface area contributed by atoms with E-state index in [1.165, 1.54) is 0 Å². The topological polar surface area (TPSA) is 35.5 Å². The molecule has 0 atom stereocenters. The van der Waals surface area contributed by atoms with Gasteiger partial charge in [-0.1, -0.05) is 0 Å². The molecular formula is CO3Po. The maximum atomic E-state index is 9.50. The van der Waals surface area contributed by atoms with Gasteiger partial charge in [-0.15, -0.1) is 0 Å². The second-order valence-corrected chi connectivity index (χ2v) is 2.31. The molecule has 1 aliphatic heterocycles. The normalized spacial score (nSPS) is 18.8. The predicted molar refractivity (Wildman–Crippen MR) is 13.3 cm³/mol. The van der Waals surface area contributed by atoms with E-state index >= 15 is 0 Å². The first kappa shape index (κ1) is 3.36. The molecule has 3 nitrogen and oxygen atoms in total. The molecule has 1 aliphatic rings. The average Bonchev–Trinajstić information content (AvgIpc) is 1.30. The molecular weight excluding hydrogens is 269 g/mol. The number of carbonyl (C=O) groups excluding carboxylic acids is 1. The molecule has 0 radical (unpaired) electrons. The van der Waals surface area contributed by atoms with Crippen molar-refractivity contribution in [1.29, 1.82) is 0 Å². The van der Waals surface area contributed by atoms with Crippen LogP contribution in [0.5, 0.6) is 0 Å². The Kier molecular flexibility index (Phi) is 0.738. The van der Waals surface area contributed by atoms with Gasteiger partial charge in [0, 0.05) is 0 Å². The Morgan fingerprint density at radius 3 is 2.00 bits per heavy atom. The van der Waals surface area contributed by atoms with Crippen LogP contribution in [-0.4, -0.2) is 30.6 Å². The third-order valence-corrected chi connectivity index (χ3v) is 1.79. The Bertz CT molecular complexity index is 53.9. The van der Waals surface area contributed by atoms with Gasteiger partial charge in [0.25, 0.3) is 0 Å². The fourth-order valence-corrected chi connectivity index (χ4v) is 0.542. The van der Waals surface area contributed by atoms with Gasteiger partial charge in [0.05, 0.1) is 0 Å². The van der Waals surface area contributed by atoms with Crippen LogP contribution in [0.25, 0.3) is 0 Å². The number of hydrogen-bond donors (Lipinski definition) is 0. The molecule has 1 heterocycles. The van der Waals surface area contributed by atoms with E-state index in [1.807, 2.05) is 0 Å². The molecule has 0 spiro atoms. The zero-order valence-electron chi connectivity index (χ0n) is 2.13. The van der Waals surface area contributed by atoms with Gasteiger partial charge in [-0.2, -0.15) is 0 Å². The summed E-state index contributed by atoms with van der Waals surface area (Å²) in [4.78, 5) is 9.50. The number of hydrogen-bond acceptors (Lipinski definition) is 3.